The highest BCUT2D eigenvalue weighted by Crippen LogP contribution is 2.32. The maximum atomic E-state index is 11.4. The van der Waals surface area contributed by atoms with Gasteiger partial charge in [0.25, 0.3) is 0 Å². The van der Waals surface area contributed by atoms with Crippen LogP contribution in [-0.2, 0) is 11.2 Å². The second kappa shape index (κ2) is 6.92. The van der Waals surface area contributed by atoms with E-state index in [-0.39, 0.29) is 11.8 Å². The van der Waals surface area contributed by atoms with E-state index in [1.165, 1.54) is 10.9 Å². The summed E-state index contributed by atoms with van der Waals surface area (Å²) in [7, 11) is 0. The number of primary amides is 1. The number of carbonyl (C=O) groups is 1. The van der Waals surface area contributed by atoms with Gasteiger partial charge in [0.1, 0.15) is 5.82 Å². The minimum Gasteiger partial charge on any atom is -0.369 e. The smallest absolute Gasteiger partial charge is 0.220 e. The van der Waals surface area contributed by atoms with E-state index >= 15 is 0 Å². The van der Waals surface area contributed by atoms with Crippen molar-refractivity contribution in [2.24, 2.45) is 17.6 Å². The topological polar surface area (TPSA) is 99.6 Å². The average molecular weight is 386 g/mol. The maximum Gasteiger partial charge on any atom is 0.220 e. The van der Waals surface area contributed by atoms with Gasteiger partial charge in [-0.1, -0.05) is 35.0 Å². The minimum absolute atomic E-state index is 0.0165. The van der Waals surface area contributed by atoms with Crippen LogP contribution < -0.4 is 5.73 Å². The number of nitrogens with two attached hydrogens (primary N) is 1. The summed E-state index contributed by atoms with van der Waals surface area (Å²) in [6.45, 7) is 2.09. The minimum atomic E-state index is -0.197. The highest BCUT2D eigenvalue weighted by atomic mass is 16.1. The molecule has 4 aromatic rings. The molecule has 1 fully saturated rings. The van der Waals surface area contributed by atoms with Gasteiger partial charge in [0, 0.05) is 12.3 Å². The average Bonchev–Trinajstić information content (AvgIpc) is 3.34. The molecule has 1 aliphatic carbocycles. The van der Waals surface area contributed by atoms with Crippen molar-refractivity contribution < 1.29 is 4.79 Å². The Morgan fingerprint density at radius 2 is 2.00 bits per heavy atom. The van der Waals surface area contributed by atoms with Crippen molar-refractivity contribution in [3.05, 3.63) is 54.0 Å². The van der Waals surface area contributed by atoms with Gasteiger partial charge in [-0.25, -0.2) is 9.97 Å². The number of nitrogens with zero attached hydrogens (tertiary/aromatic N) is 5. The SMILES string of the molecule is Cc1ccc2cc(-n3nnc4cnc(C[C@@H]5CC[C@@H](C(N)=O)C5)nc43)ccc2c1. The van der Waals surface area contributed by atoms with Crippen LogP contribution in [-0.4, -0.2) is 30.9 Å². The molecule has 2 N–H and O–H groups in total. The molecule has 1 aliphatic rings. The lowest BCUT2D eigenvalue weighted by molar-refractivity contribution is -0.121. The lowest BCUT2D eigenvalue weighted by Gasteiger charge is -2.09. The van der Waals surface area contributed by atoms with Crippen LogP contribution >= 0.6 is 0 Å². The Morgan fingerprint density at radius 1 is 1.17 bits per heavy atom. The summed E-state index contributed by atoms with van der Waals surface area (Å²) in [5.74, 6) is 0.931. The fourth-order valence-electron chi connectivity index (χ4n) is 4.30. The predicted molar refractivity (Wildman–Crippen MR) is 110 cm³/mol. The van der Waals surface area contributed by atoms with E-state index in [1.807, 2.05) is 6.07 Å². The molecule has 2 heterocycles. The highest BCUT2D eigenvalue weighted by Gasteiger charge is 2.29. The summed E-state index contributed by atoms with van der Waals surface area (Å²) in [4.78, 5) is 20.6. The second-order valence-corrected chi connectivity index (χ2v) is 8.01. The molecule has 2 aromatic heterocycles. The van der Waals surface area contributed by atoms with Crippen LogP contribution in [0, 0.1) is 18.8 Å². The number of aromatic nitrogens is 5. The van der Waals surface area contributed by atoms with Gasteiger partial charge in [-0.2, -0.15) is 4.68 Å². The molecular formula is C22H22N6O. The van der Waals surface area contributed by atoms with Crippen molar-refractivity contribution in [3.63, 3.8) is 0 Å². The monoisotopic (exact) mass is 386 g/mol. The number of amides is 1. The van der Waals surface area contributed by atoms with Crippen molar-refractivity contribution in [2.75, 3.05) is 0 Å². The third-order valence-electron chi connectivity index (χ3n) is 5.88. The van der Waals surface area contributed by atoms with E-state index in [0.29, 0.717) is 17.1 Å². The Balaban J connectivity index is 1.47. The lowest BCUT2D eigenvalue weighted by Crippen LogP contribution is -2.21. The van der Waals surface area contributed by atoms with E-state index in [1.54, 1.807) is 10.9 Å². The normalized spacial score (nSPS) is 19.2. The first-order valence-corrected chi connectivity index (χ1v) is 9.94. The Bertz CT molecular complexity index is 1230. The molecule has 146 valence electrons. The van der Waals surface area contributed by atoms with Crippen molar-refractivity contribution in [2.45, 2.75) is 32.6 Å². The summed E-state index contributed by atoms with van der Waals surface area (Å²) < 4.78 is 1.76. The first-order chi connectivity index (χ1) is 14.1. The molecule has 2 atom stereocenters. The van der Waals surface area contributed by atoms with Gasteiger partial charge in [-0.05, 0) is 55.0 Å². The fourth-order valence-corrected chi connectivity index (χ4v) is 4.30. The van der Waals surface area contributed by atoms with E-state index in [4.69, 9.17) is 10.7 Å². The highest BCUT2D eigenvalue weighted by molar-refractivity contribution is 5.85. The van der Waals surface area contributed by atoms with E-state index in [2.05, 4.69) is 52.6 Å². The number of benzene rings is 2. The van der Waals surface area contributed by atoms with Crippen LogP contribution in [0.4, 0.5) is 0 Å². The summed E-state index contributed by atoms with van der Waals surface area (Å²) in [5.41, 5.74) is 8.98. The fraction of sp³-hybridized carbons (Fsp3) is 0.318. The standard InChI is InChI=1S/C22H22N6O/c1-13-2-4-16-11-18(7-6-15(16)8-13)28-22-19(26-27-28)12-24-20(25-22)10-14-3-5-17(9-14)21(23)29/h2,4,6-8,11-12,14,17H,3,5,9-10H2,1H3,(H2,23,29)/t14-,17-/m1/s1. The van der Waals surface area contributed by atoms with Gasteiger partial charge < -0.3 is 5.73 Å². The first-order valence-electron chi connectivity index (χ1n) is 9.94. The van der Waals surface area contributed by atoms with Gasteiger partial charge in [-0.15, -0.1) is 5.10 Å². The molecule has 29 heavy (non-hydrogen) atoms. The molecule has 2 aromatic carbocycles. The number of fused-ring (bicyclic) bond motifs is 2. The van der Waals surface area contributed by atoms with Crippen LogP contribution in [0.15, 0.2) is 42.6 Å². The van der Waals surface area contributed by atoms with Crippen molar-refractivity contribution in [1.29, 1.82) is 0 Å². The molecule has 7 nitrogen and oxygen atoms in total. The van der Waals surface area contributed by atoms with Crippen LogP contribution in [0.3, 0.4) is 0 Å². The molecular weight excluding hydrogens is 364 g/mol. The molecule has 1 amide bonds. The third-order valence-corrected chi connectivity index (χ3v) is 5.88. The van der Waals surface area contributed by atoms with Gasteiger partial charge in [0.15, 0.2) is 11.2 Å². The van der Waals surface area contributed by atoms with Crippen LogP contribution in [0.1, 0.15) is 30.7 Å². The largest absolute Gasteiger partial charge is 0.369 e. The maximum absolute atomic E-state index is 11.4. The predicted octanol–water partition coefficient (Wildman–Crippen LogP) is 3.12. The van der Waals surface area contributed by atoms with E-state index in [0.717, 1.165) is 42.6 Å². The number of carbonyl (C=O) groups excluding carboxylic acids is 1. The van der Waals surface area contributed by atoms with Gasteiger partial charge in [-0.3, -0.25) is 4.79 Å². The van der Waals surface area contributed by atoms with Crippen molar-refractivity contribution in [3.8, 4) is 5.69 Å². The molecule has 7 heteroatoms. The molecule has 0 radical (unpaired) electrons. The van der Waals surface area contributed by atoms with Crippen LogP contribution in [0.25, 0.3) is 27.6 Å². The number of hydrogen-bond donors (Lipinski definition) is 1. The molecule has 0 saturated heterocycles. The quantitative estimate of drug-likeness (QED) is 0.581. The zero-order chi connectivity index (χ0) is 20.0. The van der Waals surface area contributed by atoms with Gasteiger partial charge in [0.2, 0.25) is 5.91 Å². The van der Waals surface area contributed by atoms with Gasteiger partial charge in [0.05, 0.1) is 11.9 Å². The number of hydrogen-bond acceptors (Lipinski definition) is 5. The number of rotatable bonds is 4. The zero-order valence-electron chi connectivity index (χ0n) is 16.2. The lowest BCUT2D eigenvalue weighted by atomic mass is 10.0. The summed E-state index contributed by atoms with van der Waals surface area (Å²) in [5, 5.41) is 10.9. The summed E-state index contributed by atoms with van der Waals surface area (Å²) in [6.07, 6.45) is 5.13. The molecule has 0 bridgehead atoms. The first kappa shape index (κ1) is 17.7. The van der Waals surface area contributed by atoms with Crippen LogP contribution in [0.5, 0.6) is 0 Å². The van der Waals surface area contributed by atoms with Crippen molar-refractivity contribution >= 4 is 27.8 Å². The Labute approximate surface area is 168 Å². The number of aryl methyl sites for hydroxylation is 1. The van der Waals surface area contributed by atoms with E-state index < -0.39 is 0 Å². The molecule has 1 saturated carbocycles. The Hall–Kier alpha value is -3.35. The molecule has 0 aliphatic heterocycles. The Kier molecular flexibility index (Phi) is 4.23. The molecule has 0 spiro atoms. The zero-order valence-corrected chi connectivity index (χ0v) is 16.2. The Morgan fingerprint density at radius 3 is 2.83 bits per heavy atom. The second-order valence-electron chi connectivity index (χ2n) is 8.01. The molecule has 0 unspecified atom stereocenters. The van der Waals surface area contributed by atoms with Crippen molar-refractivity contribution in [1.82, 2.24) is 25.0 Å². The summed E-state index contributed by atoms with van der Waals surface area (Å²) in [6, 6.07) is 12.6. The third kappa shape index (κ3) is 3.33. The van der Waals surface area contributed by atoms with E-state index in [9.17, 15) is 4.79 Å². The summed E-state index contributed by atoms with van der Waals surface area (Å²) >= 11 is 0. The van der Waals surface area contributed by atoms with Gasteiger partial charge >= 0.3 is 0 Å². The molecule has 5 rings (SSSR count). The van der Waals surface area contributed by atoms with Crippen LogP contribution in [0.2, 0.25) is 0 Å².